The van der Waals surface area contributed by atoms with Gasteiger partial charge in [-0.2, -0.15) is 0 Å². The first-order valence-electron chi connectivity index (χ1n) is 10.4. The van der Waals surface area contributed by atoms with Crippen molar-refractivity contribution in [3.63, 3.8) is 0 Å². The topological polar surface area (TPSA) is 78.9 Å². The van der Waals surface area contributed by atoms with Crippen LogP contribution in [0.2, 0.25) is 0 Å². The van der Waals surface area contributed by atoms with Crippen molar-refractivity contribution in [1.82, 2.24) is 9.62 Å². The molecule has 0 aromatic heterocycles. The van der Waals surface area contributed by atoms with E-state index in [4.69, 9.17) is 4.74 Å². The largest absolute Gasteiger partial charge is 0.377 e. The van der Waals surface area contributed by atoms with Gasteiger partial charge >= 0.3 is 0 Å². The Labute approximate surface area is 181 Å². The van der Waals surface area contributed by atoms with E-state index in [0.717, 1.165) is 12.8 Å². The van der Waals surface area contributed by atoms with Gasteiger partial charge in [0.1, 0.15) is 5.82 Å². The lowest BCUT2D eigenvalue weighted by Gasteiger charge is -2.36. The molecule has 2 aromatic carbocycles. The van der Waals surface area contributed by atoms with Crippen molar-refractivity contribution in [2.75, 3.05) is 44.2 Å². The summed E-state index contributed by atoms with van der Waals surface area (Å²) in [5.74, 6) is -0.434. The van der Waals surface area contributed by atoms with Crippen LogP contribution >= 0.6 is 0 Å². The molecule has 0 spiro atoms. The van der Waals surface area contributed by atoms with E-state index in [2.05, 4.69) is 4.72 Å². The number of piperazine rings is 1. The number of rotatable bonds is 6. The molecule has 166 valence electrons. The summed E-state index contributed by atoms with van der Waals surface area (Å²) in [4.78, 5) is 16.6. The van der Waals surface area contributed by atoms with Crippen LogP contribution in [0.3, 0.4) is 0 Å². The summed E-state index contributed by atoms with van der Waals surface area (Å²) in [6, 6.07) is 12.6. The minimum Gasteiger partial charge on any atom is -0.377 e. The molecule has 0 bridgehead atoms. The SMILES string of the molecule is O=C(c1ccc(S(=O)(=O)NC[C@@H]2CCCO2)cc1)N1CCN(c2ccccc2F)CC1. The van der Waals surface area contributed by atoms with Crippen LogP contribution in [0, 0.1) is 5.82 Å². The predicted octanol–water partition coefficient (Wildman–Crippen LogP) is 2.25. The van der Waals surface area contributed by atoms with Gasteiger partial charge < -0.3 is 14.5 Å². The van der Waals surface area contributed by atoms with E-state index >= 15 is 0 Å². The number of hydrogen-bond donors (Lipinski definition) is 1. The molecule has 1 amide bonds. The van der Waals surface area contributed by atoms with Gasteiger partial charge in [-0.05, 0) is 49.2 Å². The zero-order valence-electron chi connectivity index (χ0n) is 17.2. The van der Waals surface area contributed by atoms with Gasteiger partial charge in [-0.3, -0.25) is 4.79 Å². The van der Waals surface area contributed by atoms with E-state index < -0.39 is 10.0 Å². The Balaban J connectivity index is 1.34. The summed E-state index contributed by atoms with van der Waals surface area (Å²) in [6.45, 7) is 2.91. The van der Waals surface area contributed by atoms with Crippen LogP contribution in [-0.4, -0.2) is 64.7 Å². The first-order chi connectivity index (χ1) is 14.9. The Morgan fingerprint density at radius 3 is 2.42 bits per heavy atom. The average Bonchev–Trinajstić information content (AvgIpc) is 3.32. The second-order valence-corrected chi connectivity index (χ2v) is 9.51. The van der Waals surface area contributed by atoms with Crippen molar-refractivity contribution in [2.45, 2.75) is 23.8 Å². The van der Waals surface area contributed by atoms with Crippen LogP contribution in [0.5, 0.6) is 0 Å². The molecule has 1 N–H and O–H groups in total. The fourth-order valence-electron chi connectivity index (χ4n) is 3.91. The van der Waals surface area contributed by atoms with Gasteiger partial charge in [0.15, 0.2) is 0 Å². The highest BCUT2D eigenvalue weighted by Crippen LogP contribution is 2.21. The number of nitrogens with zero attached hydrogens (tertiary/aromatic N) is 2. The fraction of sp³-hybridized carbons (Fsp3) is 0.409. The van der Waals surface area contributed by atoms with Crippen LogP contribution in [0.1, 0.15) is 23.2 Å². The Kier molecular flexibility index (Phi) is 6.54. The number of ether oxygens (including phenoxy) is 1. The molecule has 2 aliphatic rings. The maximum atomic E-state index is 14.0. The highest BCUT2D eigenvalue weighted by Gasteiger charge is 2.24. The zero-order chi connectivity index (χ0) is 21.8. The van der Waals surface area contributed by atoms with E-state index in [1.807, 2.05) is 4.90 Å². The van der Waals surface area contributed by atoms with E-state index in [9.17, 15) is 17.6 Å². The molecule has 2 saturated heterocycles. The van der Waals surface area contributed by atoms with Gasteiger partial charge in [0, 0.05) is 44.9 Å². The van der Waals surface area contributed by atoms with Crippen LogP contribution in [0.4, 0.5) is 10.1 Å². The number of benzene rings is 2. The number of nitrogens with one attached hydrogen (secondary N) is 1. The van der Waals surface area contributed by atoms with E-state index in [0.29, 0.717) is 44.0 Å². The zero-order valence-corrected chi connectivity index (χ0v) is 18.0. The van der Waals surface area contributed by atoms with E-state index in [1.165, 1.54) is 30.3 Å². The van der Waals surface area contributed by atoms with Crippen molar-refractivity contribution < 1.29 is 22.3 Å². The van der Waals surface area contributed by atoms with Gasteiger partial charge in [-0.25, -0.2) is 17.5 Å². The summed E-state index contributed by atoms with van der Waals surface area (Å²) in [7, 11) is -3.65. The number of anilines is 1. The van der Waals surface area contributed by atoms with Gasteiger partial charge in [-0.15, -0.1) is 0 Å². The molecule has 9 heteroatoms. The van der Waals surface area contributed by atoms with Crippen LogP contribution in [-0.2, 0) is 14.8 Å². The predicted molar refractivity (Wildman–Crippen MR) is 115 cm³/mol. The number of sulfonamides is 1. The lowest BCUT2D eigenvalue weighted by atomic mass is 10.1. The molecule has 0 radical (unpaired) electrons. The van der Waals surface area contributed by atoms with Crippen LogP contribution in [0.25, 0.3) is 0 Å². The van der Waals surface area contributed by atoms with Gasteiger partial charge in [0.25, 0.3) is 5.91 Å². The normalized spacial score (nSPS) is 19.6. The molecule has 31 heavy (non-hydrogen) atoms. The quantitative estimate of drug-likeness (QED) is 0.735. The molecule has 2 fully saturated rings. The van der Waals surface area contributed by atoms with Gasteiger partial charge in [0.2, 0.25) is 10.0 Å². The summed E-state index contributed by atoms with van der Waals surface area (Å²) in [5, 5.41) is 0. The van der Waals surface area contributed by atoms with Crippen LogP contribution < -0.4 is 9.62 Å². The van der Waals surface area contributed by atoms with E-state index in [-0.39, 0.29) is 29.3 Å². The van der Waals surface area contributed by atoms with Gasteiger partial charge in [0.05, 0.1) is 16.7 Å². The Morgan fingerprint density at radius 1 is 1.06 bits per heavy atom. The summed E-state index contributed by atoms with van der Waals surface area (Å²) in [6.07, 6.45) is 1.70. The van der Waals surface area contributed by atoms with Crippen molar-refractivity contribution >= 4 is 21.6 Å². The average molecular weight is 448 g/mol. The highest BCUT2D eigenvalue weighted by atomic mass is 32.2. The van der Waals surface area contributed by atoms with Gasteiger partial charge in [-0.1, -0.05) is 12.1 Å². The van der Waals surface area contributed by atoms with E-state index in [1.54, 1.807) is 23.1 Å². The lowest BCUT2D eigenvalue weighted by Crippen LogP contribution is -2.49. The summed E-state index contributed by atoms with van der Waals surface area (Å²) < 4.78 is 46.9. The third-order valence-electron chi connectivity index (χ3n) is 5.70. The molecular formula is C22H26FN3O4S. The maximum Gasteiger partial charge on any atom is 0.253 e. The standard InChI is InChI=1S/C22H26FN3O4S/c23-20-5-1-2-6-21(20)25-11-13-26(14-12-25)22(27)17-7-9-19(10-8-17)31(28,29)24-16-18-4-3-15-30-18/h1-2,5-10,18,24H,3-4,11-16H2/t18-/m0/s1. The molecule has 0 unspecified atom stereocenters. The first kappa shape index (κ1) is 21.7. The fourth-order valence-corrected chi connectivity index (χ4v) is 4.98. The molecule has 7 nitrogen and oxygen atoms in total. The van der Waals surface area contributed by atoms with Crippen molar-refractivity contribution in [2.24, 2.45) is 0 Å². The molecule has 0 aliphatic carbocycles. The molecule has 2 aromatic rings. The Morgan fingerprint density at radius 2 is 1.77 bits per heavy atom. The summed E-state index contributed by atoms with van der Waals surface area (Å²) in [5.41, 5.74) is 0.970. The molecular weight excluding hydrogens is 421 g/mol. The highest BCUT2D eigenvalue weighted by molar-refractivity contribution is 7.89. The third kappa shape index (κ3) is 5.06. The number of hydrogen-bond acceptors (Lipinski definition) is 5. The molecule has 1 atom stereocenters. The molecule has 2 aliphatic heterocycles. The monoisotopic (exact) mass is 447 g/mol. The summed E-state index contributed by atoms with van der Waals surface area (Å²) >= 11 is 0. The minimum absolute atomic E-state index is 0.0846. The van der Waals surface area contributed by atoms with Crippen molar-refractivity contribution in [1.29, 1.82) is 0 Å². The smallest absolute Gasteiger partial charge is 0.253 e. The molecule has 4 rings (SSSR count). The third-order valence-corrected chi connectivity index (χ3v) is 7.14. The maximum absolute atomic E-state index is 14.0. The number of para-hydroxylation sites is 1. The second kappa shape index (κ2) is 9.33. The van der Waals surface area contributed by atoms with Crippen LogP contribution in [0.15, 0.2) is 53.4 Å². The Hall–Kier alpha value is -2.49. The number of amides is 1. The molecule has 0 saturated carbocycles. The second-order valence-electron chi connectivity index (χ2n) is 7.74. The number of carbonyl (C=O) groups excluding carboxylic acids is 1. The lowest BCUT2D eigenvalue weighted by molar-refractivity contribution is 0.0746. The number of halogens is 1. The number of carbonyl (C=O) groups is 1. The first-order valence-corrected chi connectivity index (χ1v) is 11.9. The molecule has 2 heterocycles. The minimum atomic E-state index is -3.65. The Bertz CT molecular complexity index is 1020. The van der Waals surface area contributed by atoms with Crippen molar-refractivity contribution in [3.8, 4) is 0 Å². The van der Waals surface area contributed by atoms with Crippen molar-refractivity contribution in [3.05, 3.63) is 59.9 Å².